The Labute approximate surface area is 135 Å². The van der Waals surface area contributed by atoms with Crippen LogP contribution in [-0.4, -0.2) is 34.2 Å². The van der Waals surface area contributed by atoms with Gasteiger partial charge in [-0.15, -0.1) is 0 Å². The number of amides is 1. The van der Waals surface area contributed by atoms with Crippen molar-refractivity contribution in [3.05, 3.63) is 22.8 Å². The van der Waals surface area contributed by atoms with E-state index >= 15 is 0 Å². The number of hydrogen-bond acceptors (Lipinski definition) is 4. The van der Waals surface area contributed by atoms with E-state index in [1.165, 1.54) is 0 Å². The molecule has 2 N–H and O–H groups in total. The van der Waals surface area contributed by atoms with Crippen LogP contribution < -0.4 is 10.1 Å². The second-order valence-electron chi connectivity index (χ2n) is 6.09. The molecule has 3 rings (SSSR count). The quantitative estimate of drug-likeness (QED) is 0.835. The van der Waals surface area contributed by atoms with Gasteiger partial charge < -0.3 is 15.2 Å². The first-order chi connectivity index (χ1) is 10.6. The lowest BCUT2D eigenvalue weighted by Gasteiger charge is -2.29. The molecule has 1 aromatic rings. The van der Waals surface area contributed by atoms with Gasteiger partial charge in [0, 0.05) is 0 Å². The zero-order valence-corrected chi connectivity index (χ0v) is 13.2. The van der Waals surface area contributed by atoms with Gasteiger partial charge in [0.15, 0.2) is 0 Å². The van der Waals surface area contributed by atoms with E-state index in [4.69, 9.17) is 16.3 Å². The molecule has 120 valence electrons. The Balaban J connectivity index is 1.72. The second kappa shape index (κ2) is 6.84. The Morgan fingerprint density at radius 2 is 2.00 bits per heavy atom. The zero-order chi connectivity index (χ0) is 15.5. The van der Waals surface area contributed by atoms with Crippen LogP contribution in [0.15, 0.2) is 12.1 Å². The van der Waals surface area contributed by atoms with E-state index in [0.717, 1.165) is 44.9 Å². The summed E-state index contributed by atoms with van der Waals surface area (Å²) in [5.74, 6) is 0.0319. The number of aromatic nitrogens is 1. The highest BCUT2D eigenvalue weighted by Crippen LogP contribution is 2.28. The summed E-state index contributed by atoms with van der Waals surface area (Å²) in [6, 6.07) is 3.02. The molecule has 2 aliphatic carbocycles. The van der Waals surface area contributed by atoms with E-state index in [1.54, 1.807) is 12.1 Å². The maximum Gasteiger partial charge on any atom is 0.257 e. The number of halogens is 1. The second-order valence-corrected chi connectivity index (χ2v) is 6.48. The van der Waals surface area contributed by atoms with Crippen molar-refractivity contribution in [2.24, 2.45) is 0 Å². The highest BCUT2D eigenvalue weighted by molar-refractivity contribution is 6.29. The zero-order valence-electron chi connectivity index (χ0n) is 12.4. The SMILES string of the molecule is O=C(N[C@@H]1CCCC[C@H]1O)c1ccc(Cl)nc1OC1CCC1. The Bertz CT molecular complexity index is 548. The molecule has 2 atom stereocenters. The number of aliphatic hydroxyl groups is 1. The number of carbonyl (C=O) groups excluding carboxylic acids is 1. The molecule has 0 aliphatic heterocycles. The third-order valence-electron chi connectivity index (χ3n) is 4.45. The van der Waals surface area contributed by atoms with E-state index in [2.05, 4.69) is 10.3 Å². The van der Waals surface area contributed by atoms with Crippen molar-refractivity contribution in [2.75, 3.05) is 0 Å². The summed E-state index contributed by atoms with van der Waals surface area (Å²) in [6.45, 7) is 0. The minimum atomic E-state index is -0.478. The summed E-state index contributed by atoms with van der Waals surface area (Å²) in [7, 11) is 0. The molecule has 0 unspecified atom stereocenters. The molecule has 0 bridgehead atoms. The Morgan fingerprint density at radius 1 is 1.23 bits per heavy atom. The first-order valence-electron chi connectivity index (χ1n) is 7.95. The summed E-state index contributed by atoms with van der Waals surface area (Å²) in [4.78, 5) is 16.6. The van der Waals surface area contributed by atoms with Gasteiger partial charge in [0.25, 0.3) is 5.91 Å². The molecule has 22 heavy (non-hydrogen) atoms. The molecule has 1 heterocycles. The molecule has 2 aliphatic rings. The largest absolute Gasteiger partial charge is 0.474 e. The lowest BCUT2D eigenvalue weighted by atomic mass is 9.92. The number of rotatable bonds is 4. The lowest BCUT2D eigenvalue weighted by Crippen LogP contribution is -2.45. The van der Waals surface area contributed by atoms with Crippen molar-refractivity contribution < 1.29 is 14.6 Å². The fourth-order valence-corrected chi connectivity index (χ4v) is 2.99. The van der Waals surface area contributed by atoms with Crippen molar-refractivity contribution in [3.8, 4) is 5.88 Å². The van der Waals surface area contributed by atoms with Crippen LogP contribution in [0.1, 0.15) is 55.3 Å². The number of carbonyl (C=O) groups is 1. The number of ether oxygens (including phenoxy) is 1. The minimum Gasteiger partial charge on any atom is -0.474 e. The van der Waals surface area contributed by atoms with Crippen molar-refractivity contribution in [1.29, 1.82) is 0 Å². The molecule has 0 spiro atoms. The summed E-state index contributed by atoms with van der Waals surface area (Å²) < 4.78 is 5.78. The third kappa shape index (κ3) is 3.52. The van der Waals surface area contributed by atoms with Gasteiger partial charge >= 0.3 is 0 Å². The van der Waals surface area contributed by atoms with Crippen molar-refractivity contribution in [1.82, 2.24) is 10.3 Å². The number of nitrogens with one attached hydrogen (secondary N) is 1. The topological polar surface area (TPSA) is 71.5 Å². The standard InChI is InChI=1S/C16H21ClN2O3/c17-14-9-8-11(16(19-14)22-10-4-3-5-10)15(21)18-12-6-1-2-7-13(12)20/h8-10,12-13,20H,1-7H2,(H,18,21)/t12-,13-/m1/s1. The summed E-state index contributed by atoms with van der Waals surface area (Å²) in [5.41, 5.74) is 0.383. The monoisotopic (exact) mass is 324 g/mol. The smallest absolute Gasteiger partial charge is 0.257 e. The predicted molar refractivity (Wildman–Crippen MR) is 83.2 cm³/mol. The average Bonchev–Trinajstić information content (AvgIpc) is 2.45. The van der Waals surface area contributed by atoms with Crippen LogP contribution in [0.3, 0.4) is 0 Å². The summed E-state index contributed by atoms with van der Waals surface area (Å²) in [5, 5.41) is 13.2. The Morgan fingerprint density at radius 3 is 2.68 bits per heavy atom. The minimum absolute atomic E-state index is 0.123. The number of hydrogen-bond donors (Lipinski definition) is 2. The number of aliphatic hydroxyl groups excluding tert-OH is 1. The van der Waals surface area contributed by atoms with Gasteiger partial charge in [-0.2, -0.15) is 0 Å². The van der Waals surface area contributed by atoms with E-state index < -0.39 is 6.10 Å². The van der Waals surface area contributed by atoms with E-state index in [-0.39, 0.29) is 18.1 Å². The highest BCUT2D eigenvalue weighted by atomic mass is 35.5. The fraction of sp³-hybridized carbons (Fsp3) is 0.625. The van der Waals surface area contributed by atoms with Gasteiger partial charge in [0.2, 0.25) is 5.88 Å². The molecular formula is C16H21ClN2O3. The average molecular weight is 325 g/mol. The molecule has 2 saturated carbocycles. The third-order valence-corrected chi connectivity index (χ3v) is 4.66. The molecule has 1 aromatic heterocycles. The van der Waals surface area contributed by atoms with Crippen LogP contribution in [-0.2, 0) is 0 Å². The molecule has 5 nitrogen and oxygen atoms in total. The van der Waals surface area contributed by atoms with Gasteiger partial charge in [-0.3, -0.25) is 4.79 Å². The fourth-order valence-electron chi connectivity index (χ4n) is 2.85. The van der Waals surface area contributed by atoms with Crippen LogP contribution in [0, 0.1) is 0 Å². The van der Waals surface area contributed by atoms with Crippen LogP contribution in [0.2, 0.25) is 5.15 Å². The van der Waals surface area contributed by atoms with Crippen LogP contribution in [0.25, 0.3) is 0 Å². The van der Waals surface area contributed by atoms with Gasteiger partial charge in [0.05, 0.1) is 12.1 Å². The summed E-state index contributed by atoms with van der Waals surface area (Å²) >= 11 is 5.92. The van der Waals surface area contributed by atoms with E-state index in [0.29, 0.717) is 16.6 Å². The normalized spacial score (nSPS) is 25.4. The summed E-state index contributed by atoms with van der Waals surface area (Å²) in [6.07, 6.45) is 6.31. The molecular weight excluding hydrogens is 304 g/mol. The maximum atomic E-state index is 12.5. The Kier molecular flexibility index (Phi) is 4.84. The van der Waals surface area contributed by atoms with Gasteiger partial charge in [-0.25, -0.2) is 4.98 Å². The molecule has 0 saturated heterocycles. The number of nitrogens with zero attached hydrogens (tertiary/aromatic N) is 1. The number of pyridine rings is 1. The molecule has 0 aromatic carbocycles. The van der Waals surface area contributed by atoms with Crippen LogP contribution >= 0.6 is 11.6 Å². The van der Waals surface area contributed by atoms with Crippen molar-refractivity contribution in [3.63, 3.8) is 0 Å². The van der Waals surface area contributed by atoms with Gasteiger partial charge in [0.1, 0.15) is 16.8 Å². The highest BCUT2D eigenvalue weighted by Gasteiger charge is 2.27. The first kappa shape index (κ1) is 15.6. The van der Waals surface area contributed by atoms with Crippen LogP contribution in [0.5, 0.6) is 5.88 Å². The van der Waals surface area contributed by atoms with Crippen LogP contribution in [0.4, 0.5) is 0 Å². The van der Waals surface area contributed by atoms with Crippen molar-refractivity contribution in [2.45, 2.75) is 63.2 Å². The molecule has 0 radical (unpaired) electrons. The Hall–Kier alpha value is -1.33. The maximum absolute atomic E-state index is 12.5. The molecule has 1 amide bonds. The lowest BCUT2D eigenvalue weighted by molar-refractivity contribution is 0.0704. The first-order valence-corrected chi connectivity index (χ1v) is 8.33. The van der Waals surface area contributed by atoms with Gasteiger partial charge in [-0.05, 0) is 44.2 Å². The molecule has 2 fully saturated rings. The van der Waals surface area contributed by atoms with Crippen molar-refractivity contribution >= 4 is 17.5 Å². The molecule has 6 heteroatoms. The predicted octanol–water partition coefficient (Wildman–Crippen LogP) is 2.70. The van der Waals surface area contributed by atoms with Gasteiger partial charge in [-0.1, -0.05) is 24.4 Å². The van der Waals surface area contributed by atoms with E-state index in [1.807, 2.05) is 0 Å². The van der Waals surface area contributed by atoms with E-state index in [9.17, 15) is 9.90 Å².